The van der Waals surface area contributed by atoms with E-state index < -0.39 is 0 Å². The van der Waals surface area contributed by atoms with Crippen molar-refractivity contribution < 1.29 is 4.42 Å². The molecule has 1 heterocycles. The van der Waals surface area contributed by atoms with Crippen LogP contribution in [-0.2, 0) is 13.1 Å². The van der Waals surface area contributed by atoms with Crippen molar-refractivity contribution >= 4 is 0 Å². The molecule has 3 rings (SSSR count). The summed E-state index contributed by atoms with van der Waals surface area (Å²) in [6, 6.07) is 20.6. The van der Waals surface area contributed by atoms with Crippen molar-refractivity contribution in [2.75, 3.05) is 6.54 Å². The minimum Gasteiger partial charge on any atom is -0.444 e. The first-order valence-electron chi connectivity index (χ1n) is 8.40. The van der Waals surface area contributed by atoms with Gasteiger partial charge in [0, 0.05) is 31.6 Å². The topological polar surface area (TPSA) is 53.1 Å². The van der Waals surface area contributed by atoms with Crippen LogP contribution in [0.15, 0.2) is 65.3 Å². The smallest absolute Gasteiger partial charge is 0.226 e. The molecule has 4 nitrogen and oxygen atoms in total. The lowest BCUT2D eigenvalue weighted by Gasteiger charge is -2.19. The van der Waals surface area contributed by atoms with Crippen LogP contribution in [0.4, 0.5) is 0 Å². The largest absolute Gasteiger partial charge is 0.444 e. The van der Waals surface area contributed by atoms with E-state index in [0.717, 1.165) is 23.4 Å². The molecule has 2 aromatic carbocycles. The van der Waals surface area contributed by atoms with Gasteiger partial charge in [0.25, 0.3) is 0 Å². The van der Waals surface area contributed by atoms with Gasteiger partial charge < -0.3 is 4.42 Å². The van der Waals surface area contributed by atoms with Crippen LogP contribution in [-0.4, -0.2) is 16.4 Å². The second-order valence-corrected chi connectivity index (χ2v) is 6.06. The molecule has 0 aliphatic rings. The van der Waals surface area contributed by atoms with Gasteiger partial charge in [-0.1, -0.05) is 48.5 Å². The Kier molecular flexibility index (Phi) is 5.61. The van der Waals surface area contributed by atoms with Crippen molar-refractivity contribution in [3.63, 3.8) is 0 Å². The van der Waals surface area contributed by atoms with Crippen molar-refractivity contribution in [3.8, 4) is 17.5 Å². The number of benzene rings is 2. The number of aromatic nitrogens is 1. The first kappa shape index (κ1) is 16.9. The third-order valence-corrected chi connectivity index (χ3v) is 4.10. The fraction of sp³-hybridized carbons (Fsp3) is 0.238. The number of hydrogen-bond acceptors (Lipinski definition) is 4. The molecule has 0 aliphatic carbocycles. The van der Waals surface area contributed by atoms with E-state index >= 15 is 0 Å². The lowest BCUT2D eigenvalue weighted by atomic mass is 10.1. The third kappa shape index (κ3) is 4.56. The minimum absolute atomic E-state index is 0.495. The Labute approximate surface area is 148 Å². The fourth-order valence-corrected chi connectivity index (χ4v) is 2.81. The maximum atomic E-state index is 8.92. The van der Waals surface area contributed by atoms with Crippen LogP contribution < -0.4 is 0 Å². The molecule has 0 saturated heterocycles. The predicted octanol–water partition coefficient (Wildman–Crippen LogP) is 4.57. The van der Waals surface area contributed by atoms with Crippen molar-refractivity contribution in [2.45, 2.75) is 26.4 Å². The molecule has 0 saturated carbocycles. The van der Waals surface area contributed by atoms with Gasteiger partial charge in [0.15, 0.2) is 0 Å². The van der Waals surface area contributed by atoms with Gasteiger partial charge in [-0.2, -0.15) is 5.26 Å². The third-order valence-electron chi connectivity index (χ3n) is 4.10. The molecule has 0 amide bonds. The van der Waals surface area contributed by atoms with Crippen molar-refractivity contribution in [1.82, 2.24) is 9.88 Å². The molecule has 0 aliphatic heterocycles. The van der Waals surface area contributed by atoms with Gasteiger partial charge in [-0.05, 0) is 24.1 Å². The van der Waals surface area contributed by atoms with E-state index in [-0.39, 0.29) is 0 Å². The van der Waals surface area contributed by atoms with Crippen LogP contribution in [0.5, 0.6) is 0 Å². The summed E-state index contributed by atoms with van der Waals surface area (Å²) < 4.78 is 5.68. The zero-order chi connectivity index (χ0) is 17.5. The van der Waals surface area contributed by atoms with Gasteiger partial charge in [-0.25, -0.2) is 4.98 Å². The standard InChI is InChI=1S/C21H21N3O/c1-17-8-5-6-11-20(17)21-23-19(16-25-21)15-24(13-7-12-22)14-18-9-3-2-4-10-18/h2-6,8-11,16H,7,13-15H2,1H3. The zero-order valence-electron chi connectivity index (χ0n) is 14.4. The maximum absolute atomic E-state index is 8.92. The minimum atomic E-state index is 0.495. The summed E-state index contributed by atoms with van der Waals surface area (Å²) in [7, 11) is 0. The highest BCUT2D eigenvalue weighted by atomic mass is 16.3. The van der Waals surface area contributed by atoms with Crippen molar-refractivity contribution in [3.05, 3.63) is 77.7 Å². The Morgan fingerprint density at radius 3 is 2.56 bits per heavy atom. The molecule has 0 radical (unpaired) electrons. The summed E-state index contributed by atoms with van der Waals surface area (Å²) in [5.41, 5.74) is 4.26. The molecule has 0 bridgehead atoms. The number of nitriles is 1. The Morgan fingerprint density at radius 1 is 1.04 bits per heavy atom. The Morgan fingerprint density at radius 2 is 1.80 bits per heavy atom. The van der Waals surface area contributed by atoms with Gasteiger partial charge in [0.2, 0.25) is 5.89 Å². The molecule has 0 unspecified atom stereocenters. The first-order valence-corrected chi connectivity index (χ1v) is 8.40. The summed E-state index contributed by atoms with van der Waals surface area (Å²) in [6.45, 7) is 4.20. The van der Waals surface area contributed by atoms with E-state index in [4.69, 9.17) is 9.68 Å². The summed E-state index contributed by atoms with van der Waals surface area (Å²) >= 11 is 0. The molecule has 4 heteroatoms. The molecular formula is C21H21N3O. The molecule has 0 N–H and O–H groups in total. The molecule has 0 atom stereocenters. The number of nitrogens with zero attached hydrogens (tertiary/aromatic N) is 3. The number of oxazole rings is 1. The van der Waals surface area contributed by atoms with Gasteiger partial charge in [-0.15, -0.1) is 0 Å². The van der Waals surface area contributed by atoms with E-state index in [0.29, 0.717) is 25.4 Å². The quantitative estimate of drug-likeness (QED) is 0.636. The van der Waals surface area contributed by atoms with Gasteiger partial charge >= 0.3 is 0 Å². The van der Waals surface area contributed by atoms with Gasteiger partial charge in [-0.3, -0.25) is 4.90 Å². The van der Waals surface area contributed by atoms with E-state index in [2.05, 4.69) is 28.1 Å². The van der Waals surface area contributed by atoms with Crippen LogP contribution in [0.2, 0.25) is 0 Å². The number of aryl methyl sites for hydroxylation is 1. The van der Waals surface area contributed by atoms with E-state index in [1.54, 1.807) is 6.26 Å². The summed E-state index contributed by atoms with van der Waals surface area (Å²) in [6.07, 6.45) is 2.21. The molecule has 0 fully saturated rings. The lowest BCUT2D eigenvalue weighted by Crippen LogP contribution is -2.24. The molecule has 0 spiro atoms. The number of rotatable bonds is 7. The Bertz CT molecular complexity index is 849. The second-order valence-electron chi connectivity index (χ2n) is 6.06. The van der Waals surface area contributed by atoms with Crippen LogP contribution >= 0.6 is 0 Å². The predicted molar refractivity (Wildman–Crippen MR) is 97.5 cm³/mol. The van der Waals surface area contributed by atoms with Gasteiger partial charge in [0.05, 0.1) is 11.8 Å². The number of hydrogen-bond donors (Lipinski definition) is 0. The van der Waals surface area contributed by atoms with Crippen molar-refractivity contribution in [2.24, 2.45) is 0 Å². The summed E-state index contributed by atoms with van der Waals surface area (Å²) in [4.78, 5) is 6.86. The molecule has 3 aromatic rings. The van der Waals surface area contributed by atoms with E-state index in [9.17, 15) is 0 Å². The Hall–Kier alpha value is -2.90. The highest BCUT2D eigenvalue weighted by molar-refractivity contribution is 5.58. The average molecular weight is 331 g/mol. The van der Waals surface area contributed by atoms with Crippen LogP contribution in [0.1, 0.15) is 23.2 Å². The SMILES string of the molecule is Cc1ccccc1-c1nc(CN(CCC#N)Cc2ccccc2)co1. The lowest BCUT2D eigenvalue weighted by molar-refractivity contribution is 0.259. The Balaban J connectivity index is 1.74. The zero-order valence-corrected chi connectivity index (χ0v) is 14.4. The van der Waals surface area contributed by atoms with Crippen LogP contribution in [0.25, 0.3) is 11.5 Å². The second kappa shape index (κ2) is 8.27. The molecule has 1 aromatic heterocycles. The van der Waals surface area contributed by atoms with Crippen LogP contribution in [0.3, 0.4) is 0 Å². The van der Waals surface area contributed by atoms with Gasteiger partial charge in [0.1, 0.15) is 6.26 Å². The summed E-state index contributed by atoms with van der Waals surface area (Å²) in [5.74, 6) is 0.646. The maximum Gasteiger partial charge on any atom is 0.226 e. The molecular weight excluding hydrogens is 310 g/mol. The molecule has 25 heavy (non-hydrogen) atoms. The molecule has 126 valence electrons. The normalized spacial score (nSPS) is 10.8. The fourth-order valence-electron chi connectivity index (χ4n) is 2.81. The van der Waals surface area contributed by atoms with E-state index in [1.807, 2.05) is 49.4 Å². The summed E-state index contributed by atoms with van der Waals surface area (Å²) in [5, 5.41) is 8.92. The first-order chi connectivity index (χ1) is 12.3. The highest BCUT2D eigenvalue weighted by Gasteiger charge is 2.13. The van der Waals surface area contributed by atoms with Crippen LogP contribution in [0, 0.1) is 18.3 Å². The highest BCUT2D eigenvalue weighted by Crippen LogP contribution is 2.23. The van der Waals surface area contributed by atoms with E-state index in [1.165, 1.54) is 5.56 Å². The van der Waals surface area contributed by atoms with Crippen molar-refractivity contribution in [1.29, 1.82) is 5.26 Å². The average Bonchev–Trinajstić information content (AvgIpc) is 3.09. The monoisotopic (exact) mass is 331 g/mol.